The summed E-state index contributed by atoms with van der Waals surface area (Å²) in [7, 11) is 2.00. The number of anilines is 1. The van der Waals surface area contributed by atoms with Gasteiger partial charge < -0.3 is 4.90 Å². The zero-order valence-corrected chi connectivity index (χ0v) is 8.15. The fourth-order valence-corrected chi connectivity index (χ4v) is 0.998. The zero-order valence-electron chi connectivity index (χ0n) is 8.15. The Hall–Kier alpha value is -1.56. The van der Waals surface area contributed by atoms with Gasteiger partial charge in [0.05, 0.1) is 0 Å². The highest BCUT2D eigenvalue weighted by atomic mass is 15.1. The summed E-state index contributed by atoms with van der Waals surface area (Å²) in [5.74, 6) is 0. The molecule has 0 amide bonds. The molecule has 0 aliphatic carbocycles. The molecule has 13 heavy (non-hydrogen) atoms. The third-order valence-electron chi connectivity index (χ3n) is 2.04. The van der Waals surface area contributed by atoms with Crippen molar-refractivity contribution in [3.63, 3.8) is 0 Å². The Morgan fingerprint density at radius 2 is 2.23 bits per heavy atom. The maximum atomic E-state index is 8.65. The SMILES string of the molecule is CC(C)N(C)c1ccnc(C#N)c1. The first-order valence-electron chi connectivity index (χ1n) is 4.24. The molecule has 1 aromatic rings. The summed E-state index contributed by atoms with van der Waals surface area (Å²) in [4.78, 5) is 6.01. The van der Waals surface area contributed by atoms with Crippen molar-refractivity contribution in [2.24, 2.45) is 0 Å². The van der Waals surface area contributed by atoms with E-state index in [1.165, 1.54) is 0 Å². The number of hydrogen-bond acceptors (Lipinski definition) is 3. The Balaban J connectivity index is 2.96. The lowest BCUT2D eigenvalue weighted by Gasteiger charge is -2.23. The van der Waals surface area contributed by atoms with Crippen molar-refractivity contribution in [1.82, 2.24) is 4.98 Å². The molecule has 0 N–H and O–H groups in total. The fraction of sp³-hybridized carbons (Fsp3) is 0.400. The van der Waals surface area contributed by atoms with E-state index in [1.54, 1.807) is 12.3 Å². The average Bonchev–Trinajstić information content (AvgIpc) is 2.16. The summed E-state index contributed by atoms with van der Waals surface area (Å²) in [6, 6.07) is 6.14. The monoisotopic (exact) mass is 175 g/mol. The molecular formula is C10H13N3. The van der Waals surface area contributed by atoms with Crippen LogP contribution in [0.15, 0.2) is 18.3 Å². The van der Waals surface area contributed by atoms with E-state index in [0.29, 0.717) is 11.7 Å². The molecule has 0 aliphatic rings. The lowest BCUT2D eigenvalue weighted by Crippen LogP contribution is -2.25. The van der Waals surface area contributed by atoms with Gasteiger partial charge >= 0.3 is 0 Å². The van der Waals surface area contributed by atoms with Crippen LogP contribution in [-0.4, -0.2) is 18.1 Å². The Bertz CT molecular complexity index is 325. The molecule has 0 radical (unpaired) electrons. The maximum absolute atomic E-state index is 8.65. The van der Waals surface area contributed by atoms with Crippen LogP contribution in [0.1, 0.15) is 19.5 Å². The molecule has 0 saturated heterocycles. The predicted molar refractivity (Wildman–Crippen MR) is 52.5 cm³/mol. The molecule has 0 bridgehead atoms. The second-order valence-corrected chi connectivity index (χ2v) is 3.22. The summed E-state index contributed by atoms with van der Waals surface area (Å²) in [5, 5.41) is 8.65. The van der Waals surface area contributed by atoms with E-state index < -0.39 is 0 Å². The summed E-state index contributed by atoms with van der Waals surface area (Å²) < 4.78 is 0. The number of aromatic nitrogens is 1. The van der Waals surface area contributed by atoms with Crippen LogP contribution < -0.4 is 4.90 Å². The Labute approximate surface area is 78.6 Å². The minimum absolute atomic E-state index is 0.425. The van der Waals surface area contributed by atoms with Gasteiger partial charge in [-0.15, -0.1) is 0 Å². The molecule has 0 fully saturated rings. The van der Waals surface area contributed by atoms with Gasteiger partial charge in [0.2, 0.25) is 0 Å². The molecule has 0 aromatic carbocycles. The minimum atomic E-state index is 0.425. The second kappa shape index (κ2) is 3.90. The Morgan fingerprint density at radius 3 is 2.77 bits per heavy atom. The van der Waals surface area contributed by atoms with E-state index in [0.717, 1.165) is 5.69 Å². The average molecular weight is 175 g/mol. The first-order chi connectivity index (χ1) is 6.15. The van der Waals surface area contributed by atoms with Crippen molar-refractivity contribution in [1.29, 1.82) is 5.26 Å². The minimum Gasteiger partial charge on any atom is -0.372 e. The highest BCUT2D eigenvalue weighted by Crippen LogP contribution is 2.14. The number of nitriles is 1. The molecule has 0 spiro atoms. The van der Waals surface area contributed by atoms with E-state index in [9.17, 15) is 0 Å². The maximum Gasteiger partial charge on any atom is 0.142 e. The normalized spacial score (nSPS) is 9.77. The van der Waals surface area contributed by atoms with Gasteiger partial charge in [-0.05, 0) is 26.0 Å². The van der Waals surface area contributed by atoms with Gasteiger partial charge in [0, 0.05) is 25.0 Å². The van der Waals surface area contributed by atoms with Crippen LogP contribution >= 0.6 is 0 Å². The molecule has 1 aromatic heterocycles. The van der Waals surface area contributed by atoms with Gasteiger partial charge in [-0.1, -0.05) is 0 Å². The lowest BCUT2D eigenvalue weighted by atomic mass is 10.2. The van der Waals surface area contributed by atoms with Gasteiger partial charge in [-0.3, -0.25) is 0 Å². The first-order valence-corrected chi connectivity index (χ1v) is 4.24. The van der Waals surface area contributed by atoms with Gasteiger partial charge in [0.15, 0.2) is 0 Å². The van der Waals surface area contributed by atoms with Gasteiger partial charge in [-0.25, -0.2) is 4.98 Å². The van der Waals surface area contributed by atoms with Crippen LogP contribution in [0.5, 0.6) is 0 Å². The highest BCUT2D eigenvalue weighted by Gasteiger charge is 2.05. The second-order valence-electron chi connectivity index (χ2n) is 3.22. The van der Waals surface area contributed by atoms with E-state index in [1.807, 2.05) is 19.2 Å². The topological polar surface area (TPSA) is 39.9 Å². The van der Waals surface area contributed by atoms with Crippen molar-refractivity contribution in [2.75, 3.05) is 11.9 Å². The number of rotatable bonds is 2. The van der Waals surface area contributed by atoms with E-state index in [4.69, 9.17) is 5.26 Å². The summed E-state index contributed by atoms with van der Waals surface area (Å²) in [6.07, 6.45) is 1.66. The standard InChI is InChI=1S/C10H13N3/c1-8(2)13(3)10-4-5-12-9(6-10)7-11/h4-6,8H,1-3H3. The highest BCUT2D eigenvalue weighted by molar-refractivity contribution is 5.48. The molecular weight excluding hydrogens is 162 g/mol. The first kappa shape index (κ1) is 9.53. The van der Waals surface area contributed by atoms with Crippen LogP contribution in [0, 0.1) is 11.3 Å². The van der Waals surface area contributed by atoms with Crippen LogP contribution in [0.2, 0.25) is 0 Å². The zero-order chi connectivity index (χ0) is 9.84. The lowest BCUT2D eigenvalue weighted by molar-refractivity contribution is 0.754. The van der Waals surface area contributed by atoms with Crippen molar-refractivity contribution >= 4 is 5.69 Å². The largest absolute Gasteiger partial charge is 0.372 e. The summed E-state index contributed by atoms with van der Waals surface area (Å²) in [5.41, 5.74) is 1.49. The Morgan fingerprint density at radius 1 is 1.54 bits per heavy atom. The molecule has 3 nitrogen and oxygen atoms in total. The van der Waals surface area contributed by atoms with Crippen molar-refractivity contribution < 1.29 is 0 Å². The molecule has 1 rings (SSSR count). The van der Waals surface area contributed by atoms with E-state index in [2.05, 4.69) is 23.7 Å². The van der Waals surface area contributed by atoms with Crippen molar-refractivity contribution in [2.45, 2.75) is 19.9 Å². The fourth-order valence-electron chi connectivity index (χ4n) is 0.998. The van der Waals surface area contributed by atoms with Crippen molar-refractivity contribution in [3.05, 3.63) is 24.0 Å². The van der Waals surface area contributed by atoms with Crippen LogP contribution in [0.25, 0.3) is 0 Å². The van der Waals surface area contributed by atoms with Gasteiger partial charge in [-0.2, -0.15) is 5.26 Å². The molecule has 0 atom stereocenters. The van der Waals surface area contributed by atoms with Gasteiger partial charge in [0.25, 0.3) is 0 Å². The number of hydrogen-bond donors (Lipinski definition) is 0. The third-order valence-corrected chi connectivity index (χ3v) is 2.04. The molecule has 68 valence electrons. The summed E-state index contributed by atoms with van der Waals surface area (Å²) >= 11 is 0. The summed E-state index contributed by atoms with van der Waals surface area (Å²) in [6.45, 7) is 4.21. The van der Waals surface area contributed by atoms with Crippen LogP contribution in [-0.2, 0) is 0 Å². The third kappa shape index (κ3) is 2.19. The van der Waals surface area contributed by atoms with Crippen LogP contribution in [0.3, 0.4) is 0 Å². The molecule has 1 heterocycles. The number of nitrogens with zero attached hydrogens (tertiary/aromatic N) is 3. The number of pyridine rings is 1. The predicted octanol–water partition coefficient (Wildman–Crippen LogP) is 1.80. The van der Waals surface area contributed by atoms with E-state index >= 15 is 0 Å². The molecule has 0 saturated carbocycles. The van der Waals surface area contributed by atoms with Crippen molar-refractivity contribution in [3.8, 4) is 6.07 Å². The smallest absolute Gasteiger partial charge is 0.142 e. The quantitative estimate of drug-likeness (QED) is 0.688. The Kier molecular flexibility index (Phi) is 2.86. The van der Waals surface area contributed by atoms with Crippen LogP contribution in [0.4, 0.5) is 5.69 Å². The van der Waals surface area contributed by atoms with E-state index in [-0.39, 0.29) is 0 Å². The molecule has 0 aliphatic heterocycles. The van der Waals surface area contributed by atoms with Gasteiger partial charge in [0.1, 0.15) is 11.8 Å². The molecule has 0 unspecified atom stereocenters. The molecule has 3 heteroatoms.